The molecule has 2 heterocycles. The van der Waals surface area contributed by atoms with Gasteiger partial charge in [-0.1, -0.05) is 30.3 Å². The van der Waals surface area contributed by atoms with Gasteiger partial charge in [0.15, 0.2) is 0 Å². The van der Waals surface area contributed by atoms with Crippen molar-refractivity contribution >= 4 is 21.8 Å². The highest BCUT2D eigenvalue weighted by Gasteiger charge is 2.19. The zero-order chi connectivity index (χ0) is 17.9. The summed E-state index contributed by atoms with van der Waals surface area (Å²) < 4.78 is 5.51. The van der Waals surface area contributed by atoms with Crippen LogP contribution in [-0.4, -0.2) is 30.7 Å². The van der Waals surface area contributed by atoms with Crippen molar-refractivity contribution in [1.82, 2.24) is 15.3 Å². The number of pyridine rings is 1. The molecule has 0 aliphatic rings. The molecule has 0 saturated heterocycles. The van der Waals surface area contributed by atoms with Crippen molar-refractivity contribution in [3.63, 3.8) is 0 Å². The molecule has 4 rings (SSSR count). The van der Waals surface area contributed by atoms with E-state index < -0.39 is 0 Å². The van der Waals surface area contributed by atoms with Crippen LogP contribution in [0.2, 0.25) is 0 Å². The highest BCUT2D eigenvalue weighted by molar-refractivity contribution is 5.89. The first-order chi connectivity index (χ1) is 12.8. The van der Waals surface area contributed by atoms with Gasteiger partial charge in [0.25, 0.3) is 0 Å². The van der Waals surface area contributed by atoms with E-state index in [1.54, 1.807) is 7.11 Å². The average Bonchev–Trinajstić information content (AvgIpc) is 3.12. The first-order valence-electron chi connectivity index (χ1n) is 8.95. The number of H-pyrrole nitrogens is 1. The van der Waals surface area contributed by atoms with E-state index in [1.807, 2.05) is 31.4 Å². The van der Waals surface area contributed by atoms with Gasteiger partial charge in [-0.2, -0.15) is 0 Å². The molecule has 26 heavy (non-hydrogen) atoms. The predicted molar refractivity (Wildman–Crippen MR) is 107 cm³/mol. The summed E-state index contributed by atoms with van der Waals surface area (Å²) >= 11 is 0. The maximum Gasteiger partial charge on any atom is 0.142 e. The topological polar surface area (TPSA) is 49.9 Å². The van der Waals surface area contributed by atoms with Crippen LogP contribution >= 0.6 is 0 Å². The first kappa shape index (κ1) is 16.6. The summed E-state index contributed by atoms with van der Waals surface area (Å²) in [5, 5.41) is 5.67. The minimum Gasteiger partial charge on any atom is -0.495 e. The van der Waals surface area contributed by atoms with Crippen LogP contribution in [0.4, 0.5) is 0 Å². The van der Waals surface area contributed by atoms with Crippen molar-refractivity contribution in [3.05, 3.63) is 72.1 Å². The van der Waals surface area contributed by atoms with Crippen molar-refractivity contribution < 1.29 is 4.74 Å². The molecular weight excluding hydrogens is 322 g/mol. The van der Waals surface area contributed by atoms with Crippen molar-refractivity contribution in [3.8, 4) is 5.75 Å². The molecule has 0 fully saturated rings. The van der Waals surface area contributed by atoms with Gasteiger partial charge >= 0.3 is 0 Å². The summed E-state index contributed by atoms with van der Waals surface area (Å²) in [6.45, 7) is 0.939. The molecule has 1 atom stereocenters. The molecule has 0 aliphatic heterocycles. The Morgan fingerprint density at radius 2 is 2.04 bits per heavy atom. The van der Waals surface area contributed by atoms with Gasteiger partial charge in [-0.05, 0) is 49.3 Å². The molecule has 2 N–H and O–H groups in total. The number of aromatic amines is 1. The fourth-order valence-electron chi connectivity index (χ4n) is 3.68. The molecule has 4 aromatic rings. The van der Waals surface area contributed by atoms with Crippen molar-refractivity contribution in [2.45, 2.75) is 12.3 Å². The summed E-state index contributed by atoms with van der Waals surface area (Å²) in [6.07, 6.45) is 5.13. The molecule has 4 nitrogen and oxygen atoms in total. The van der Waals surface area contributed by atoms with Gasteiger partial charge in [-0.3, -0.25) is 4.98 Å². The number of nitrogens with zero attached hydrogens (tertiary/aromatic N) is 1. The van der Waals surface area contributed by atoms with E-state index in [9.17, 15) is 0 Å². The minimum absolute atomic E-state index is 0.264. The molecule has 2 aromatic carbocycles. The van der Waals surface area contributed by atoms with Crippen LogP contribution in [-0.2, 0) is 0 Å². The lowest BCUT2D eigenvalue weighted by molar-refractivity contribution is 0.419. The molecule has 0 amide bonds. The largest absolute Gasteiger partial charge is 0.495 e. The van der Waals surface area contributed by atoms with Gasteiger partial charge in [0.05, 0.1) is 18.1 Å². The minimum atomic E-state index is 0.264. The highest BCUT2D eigenvalue weighted by atomic mass is 16.5. The molecule has 2 aromatic heterocycles. The maximum absolute atomic E-state index is 5.51. The first-order valence-corrected chi connectivity index (χ1v) is 8.95. The third kappa shape index (κ3) is 2.93. The summed E-state index contributed by atoms with van der Waals surface area (Å²) in [4.78, 5) is 8.08. The van der Waals surface area contributed by atoms with Crippen molar-refractivity contribution in [2.24, 2.45) is 0 Å². The monoisotopic (exact) mass is 345 g/mol. The second-order valence-corrected chi connectivity index (χ2v) is 6.53. The van der Waals surface area contributed by atoms with E-state index >= 15 is 0 Å². The lowest BCUT2D eigenvalue weighted by Crippen LogP contribution is -2.13. The Morgan fingerprint density at radius 1 is 1.15 bits per heavy atom. The number of benzene rings is 2. The summed E-state index contributed by atoms with van der Waals surface area (Å²) in [5.74, 6) is 1.14. The number of para-hydroxylation sites is 2. The Bertz CT molecular complexity index is 1040. The van der Waals surface area contributed by atoms with Gasteiger partial charge in [-0.15, -0.1) is 0 Å². The molecule has 0 radical (unpaired) electrons. The Balaban J connectivity index is 1.84. The van der Waals surface area contributed by atoms with E-state index in [2.05, 4.69) is 51.8 Å². The Morgan fingerprint density at radius 3 is 2.88 bits per heavy atom. The number of ether oxygens (including phenoxy) is 1. The SMILES string of the molecule is CNCCC(c1cnc2ccccc2c1)c1c[nH]c2c(OC)cccc12. The van der Waals surface area contributed by atoms with Crippen LogP contribution in [0, 0.1) is 0 Å². The van der Waals surface area contributed by atoms with Crippen LogP contribution in [0.1, 0.15) is 23.5 Å². The van der Waals surface area contributed by atoms with Crippen molar-refractivity contribution in [1.29, 1.82) is 0 Å². The third-order valence-electron chi connectivity index (χ3n) is 5.00. The molecular formula is C22H23N3O. The van der Waals surface area contributed by atoms with E-state index in [-0.39, 0.29) is 5.92 Å². The fourth-order valence-corrected chi connectivity index (χ4v) is 3.68. The maximum atomic E-state index is 5.51. The molecule has 0 bridgehead atoms. The lowest BCUT2D eigenvalue weighted by Gasteiger charge is -2.17. The molecule has 0 saturated carbocycles. The van der Waals surface area contributed by atoms with E-state index in [4.69, 9.17) is 4.74 Å². The van der Waals surface area contributed by atoms with Crippen LogP contribution in [0.25, 0.3) is 21.8 Å². The Labute approximate surface area is 153 Å². The number of hydrogen-bond donors (Lipinski definition) is 2. The van der Waals surface area contributed by atoms with Crippen LogP contribution in [0.3, 0.4) is 0 Å². The quantitative estimate of drug-likeness (QED) is 0.542. The number of nitrogens with one attached hydrogen (secondary N) is 2. The van der Waals surface area contributed by atoms with Crippen LogP contribution in [0.15, 0.2) is 60.9 Å². The molecule has 1 unspecified atom stereocenters. The van der Waals surface area contributed by atoms with Crippen LogP contribution in [0.5, 0.6) is 5.75 Å². The van der Waals surface area contributed by atoms with E-state index in [0.29, 0.717) is 0 Å². The molecule has 132 valence electrons. The average molecular weight is 345 g/mol. The number of methoxy groups -OCH3 is 1. The van der Waals surface area contributed by atoms with Crippen molar-refractivity contribution in [2.75, 3.05) is 20.7 Å². The predicted octanol–water partition coefficient (Wildman–Crippen LogP) is 4.47. The van der Waals surface area contributed by atoms with Gasteiger partial charge in [0.1, 0.15) is 5.75 Å². The van der Waals surface area contributed by atoms with Crippen LogP contribution < -0.4 is 10.1 Å². The molecule has 4 heteroatoms. The van der Waals surface area contributed by atoms with Gasteiger partial charge in [0, 0.05) is 29.1 Å². The second kappa shape index (κ2) is 7.18. The number of hydrogen-bond acceptors (Lipinski definition) is 3. The lowest BCUT2D eigenvalue weighted by atomic mass is 9.88. The highest BCUT2D eigenvalue weighted by Crippen LogP contribution is 2.36. The second-order valence-electron chi connectivity index (χ2n) is 6.53. The summed E-state index contributed by atoms with van der Waals surface area (Å²) in [5.41, 5.74) is 4.60. The van der Waals surface area contributed by atoms with Gasteiger partial charge in [-0.25, -0.2) is 0 Å². The fraction of sp³-hybridized carbons (Fsp3) is 0.227. The third-order valence-corrected chi connectivity index (χ3v) is 5.00. The molecule has 0 aliphatic carbocycles. The standard InChI is InChI=1S/C22H23N3O/c1-23-11-10-17(16-12-15-6-3-4-8-20(15)24-13-16)19-14-25-22-18(19)7-5-9-21(22)26-2/h3-9,12-14,17,23,25H,10-11H2,1-2H3. The number of fused-ring (bicyclic) bond motifs is 2. The molecule has 0 spiro atoms. The van der Waals surface area contributed by atoms with Gasteiger partial charge < -0.3 is 15.0 Å². The number of rotatable bonds is 6. The van der Waals surface area contributed by atoms with E-state index in [0.717, 1.165) is 29.7 Å². The normalized spacial score (nSPS) is 12.5. The zero-order valence-electron chi connectivity index (χ0n) is 15.1. The zero-order valence-corrected chi connectivity index (χ0v) is 15.1. The van der Waals surface area contributed by atoms with E-state index in [1.165, 1.54) is 21.9 Å². The summed E-state index contributed by atoms with van der Waals surface area (Å²) in [7, 11) is 3.70. The smallest absolute Gasteiger partial charge is 0.142 e. The Kier molecular flexibility index (Phi) is 4.59. The number of aromatic nitrogens is 2. The summed E-state index contributed by atoms with van der Waals surface area (Å²) in [6, 6.07) is 16.7. The van der Waals surface area contributed by atoms with Gasteiger partial charge in [0.2, 0.25) is 0 Å². The Hall–Kier alpha value is -2.85.